The molecule has 0 spiro atoms. The lowest BCUT2D eigenvalue weighted by molar-refractivity contribution is -0.121. The third kappa shape index (κ3) is 3.53. The SMILES string of the molecule is Cc1ccc(CC(=O)NCC2(O)CCCC2)cn1. The first kappa shape index (κ1) is 13.0. The number of nitrogens with zero attached hydrogens (tertiary/aromatic N) is 1. The molecule has 0 saturated heterocycles. The van der Waals surface area contributed by atoms with E-state index in [4.69, 9.17) is 0 Å². The average molecular weight is 248 g/mol. The lowest BCUT2D eigenvalue weighted by Gasteiger charge is -2.22. The number of carbonyl (C=O) groups excluding carboxylic acids is 1. The van der Waals surface area contributed by atoms with Gasteiger partial charge in [0.25, 0.3) is 0 Å². The Balaban J connectivity index is 1.80. The monoisotopic (exact) mass is 248 g/mol. The maximum absolute atomic E-state index is 11.7. The summed E-state index contributed by atoms with van der Waals surface area (Å²) < 4.78 is 0. The number of amides is 1. The number of aliphatic hydroxyl groups is 1. The molecule has 1 aromatic rings. The Kier molecular flexibility index (Phi) is 3.97. The number of carbonyl (C=O) groups is 1. The van der Waals surface area contributed by atoms with E-state index in [2.05, 4.69) is 10.3 Å². The zero-order valence-corrected chi connectivity index (χ0v) is 10.8. The van der Waals surface area contributed by atoms with Crippen LogP contribution in [0.25, 0.3) is 0 Å². The van der Waals surface area contributed by atoms with Gasteiger partial charge in [-0.1, -0.05) is 18.9 Å². The second-order valence-corrected chi connectivity index (χ2v) is 5.19. The lowest BCUT2D eigenvalue weighted by atomic mass is 10.0. The van der Waals surface area contributed by atoms with Gasteiger partial charge in [0.05, 0.1) is 12.0 Å². The first-order valence-corrected chi connectivity index (χ1v) is 6.48. The van der Waals surface area contributed by atoms with Crippen LogP contribution in [-0.2, 0) is 11.2 Å². The third-order valence-electron chi connectivity index (χ3n) is 3.49. The molecule has 18 heavy (non-hydrogen) atoms. The van der Waals surface area contributed by atoms with E-state index in [0.29, 0.717) is 13.0 Å². The molecule has 0 atom stereocenters. The van der Waals surface area contributed by atoms with Crippen LogP contribution >= 0.6 is 0 Å². The Labute approximate surface area is 107 Å². The van der Waals surface area contributed by atoms with Gasteiger partial charge in [-0.2, -0.15) is 0 Å². The molecule has 98 valence electrons. The van der Waals surface area contributed by atoms with Crippen molar-refractivity contribution in [3.05, 3.63) is 29.6 Å². The van der Waals surface area contributed by atoms with Crippen molar-refractivity contribution in [2.75, 3.05) is 6.54 Å². The maximum atomic E-state index is 11.7. The summed E-state index contributed by atoms with van der Waals surface area (Å²) in [6.45, 7) is 2.28. The molecular weight excluding hydrogens is 228 g/mol. The molecule has 0 bridgehead atoms. The van der Waals surface area contributed by atoms with E-state index >= 15 is 0 Å². The van der Waals surface area contributed by atoms with Crippen LogP contribution in [0.3, 0.4) is 0 Å². The van der Waals surface area contributed by atoms with Gasteiger partial charge in [-0.05, 0) is 31.4 Å². The van der Waals surface area contributed by atoms with Crippen molar-refractivity contribution in [1.82, 2.24) is 10.3 Å². The van der Waals surface area contributed by atoms with Gasteiger partial charge >= 0.3 is 0 Å². The molecule has 1 aliphatic rings. The van der Waals surface area contributed by atoms with E-state index in [1.165, 1.54) is 0 Å². The van der Waals surface area contributed by atoms with Crippen LogP contribution in [0.1, 0.15) is 36.9 Å². The summed E-state index contributed by atoms with van der Waals surface area (Å²) in [6.07, 6.45) is 5.73. The van der Waals surface area contributed by atoms with Crippen LogP contribution in [0.2, 0.25) is 0 Å². The summed E-state index contributed by atoms with van der Waals surface area (Å²) >= 11 is 0. The fourth-order valence-electron chi connectivity index (χ4n) is 2.32. The van der Waals surface area contributed by atoms with Gasteiger partial charge in [0.1, 0.15) is 0 Å². The molecule has 1 heterocycles. The number of aryl methyl sites for hydroxylation is 1. The maximum Gasteiger partial charge on any atom is 0.224 e. The summed E-state index contributed by atoms with van der Waals surface area (Å²) in [5, 5.41) is 12.9. The molecule has 0 radical (unpaired) electrons. The van der Waals surface area contributed by atoms with E-state index in [0.717, 1.165) is 36.9 Å². The van der Waals surface area contributed by atoms with Gasteiger partial charge in [0.15, 0.2) is 0 Å². The second kappa shape index (κ2) is 5.48. The first-order chi connectivity index (χ1) is 8.57. The summed E-state index contributed by atoms with van der Waals surface area (Å²) in [6, 6.07) is 3.80. The molecule has 0 aliphatic heterocycles. The highest BCUT2D eigenvalue weighted by molar-refractivity contribution is 5.78. The number of rotatable bonds is 4. The van der Waals surface area contributed by atoms with E-state index in [1.807, 2.05) is 19.1 Å². The van der Waals surface area contributed by atoms with Gasteiger partial charge in [-0.25, -0.2) is 0 Å². The number of nitrogens with one attached hydrogen (secondary N) is 1. The van der Waals surface area contributed by atoms with Crippen LogP contribution in [0.4, 0.5) is 0 Å². The Bertz CT molecular complexity index is 408. The van der Waals surface area contributed by atoms with Gasteiger partial charge in [-0.15, -0.1) is 0 Å². The second-order valence-electron chi connectivity index (χ2n) is 5.19. The van der Waals surface area contributed by atoms with Crippen molar-refractivity contribution < 1.29 is 9.90 Å². The van der Waals surface area contributed by atoms with Crippen LogP contribution in [0, 0.1) is 6.92 Å². The van der Waals surface area contributed by atoms with E-state index in [1.54, 1.807) is 6.20 Å². The topological polar surface area (TPSA) is 62.2 Å². The minimum absolute atomic E-state index is 0.0546. The summed E-state index contributed by atoms with van der Waals surface area (Å²) in [4.78, 5) is 15.9. The standard InChI is InChI=1S/C14H20N2O2/c1-11-4-5-12(9-15-11)8-13(17)16-10-14(18)6-2-3-7-14/h4-5,9,18H,2-3,6-8,10H2,1H3,(H,16,17). The molecule has 4 heteroatoms. The van der Waals surface area contributed by atoms with Crippen molar-refractivity contribution in [2.45, 2.75) is 44.6 Å². The zero-order chi connectivity index (χ0) is 13.0. The summed E-state index contributed by atoms with van der Waals surface area (Å²) in [7, 11) is 0. The van der Waals surface area contributed by atoms with Crippen LogP contribution < -0.4 is 5.32 Å². The molecule has 1 fully saturated rings. The number of pyridine rings is 1. The van der Waals surface area contributed by atoms with Gasteiger partial charge in [0, 0.05) is 18.4 Å². The number of aromatic nitrogens is 1. The van der Waals surface area contributed by atoms with Crippen LogP contribution in [-0.4, -0.2) is 28.1 Å². The molecule has 1 saturated carbocycles. The third-order valence-corrected chi connectivity index (χ3v) is 3.49. The predicted octanol–water partition coefficient (Wildman–Crippen LogP) is 1.35. The predicted molar refractivity (Wildman–Crippen MR) is 69.1 cm³/mol. The van der Waals surface area contributed by atoms with Crippen molar-refractivity contribution in [3.63, 3.8) is 0 Å². The molecule has 4 nitrogen and oxygen atoms in total. The minimum Gasteiger partial charge on any atom is -0.388 e. The molecular formula is C14H20N2O2. The normalized spacial score (nSPS) is 17.7. The Morgan fingerprint density at radius 1 is 1.44 bits per heavy atom. The molecule has 1 aromatic heterocycles. The molecule has 2 rings (SSSR count). The van der Waals surface area contributed by atoms with E-state index < -0.39 is 5.60 Å². The fourth-order valence-corrected chi connectivity index (χ4v) is 2.32. The molecule has 1 aliphatic carbocycles. The van der Waals surface area contributed by atoms with E-state index in [-0.39, 0.29) is 5.91 Å². The molecule has 1 amide bonds. The van der Waals surface area contributed by atoms with Crippen molar-refractivity contribution in [3.8, 4) is 0 Å². The smallest absolute Gasteiger partial charge is 0.224 e. The highest BCUT2D eigenvalue weighted by Crippen LogP contribution is 2.28. The molecule has 0 unspecified atom stereocenters. The average Bonchev–Trinajstić information content (AvgIpc) is 2.78. The lowest BCUT2D eigenvalue weighted by Crippen LogP contribution is -2.41. The highest BCUT2D eigenvalue weighted by Gasteiger charge is 2.31. The number of hydrogen-bond donors (Lipinski definition) is 2. The number of hydrogen-bond acceptors (Lipinski definition) is 3. The van der Waals surface area contributed by atoms with Crippen LogP contribution in [0.15, 0.2) is 18.3 Å². The van der Waals surface area contributed by atoms with E-state index in [9.17, 15) is 9.90 Å². The minimum atomic E-state index is -0.679. The van der Waals surface area contributed by atoms with Crippen molar-refractivity contribution in [1.29, 1.82) is 0 Å². The van der Waals surface area contributed by atoms with Gasteiger partial charge < -0.3 is 10.4 Å². The highest BCUT2D eigenvalue weighted by atomic mass is 16.3. The van der Waals surface area contributed by atoms with Gasteiger partial charge in [-0.3, -0.25) is 9.78 Å². The quantitative estimate of drug-likeness (QED) is 0.845. The summed E-state index contributed by atoms with van der Waals surface area (Å²) in [5.41, 5.74) is 1.16. The van der Waals surface area contributed by atoms with Crippen molar-refractivity contribution in [2.24, 2.45) is 0 Å². The molecule has 2 N–H and O–H groups in total. The Hall–Kier alpha value is -1.42. The van der Waals surface area contributed by atoms with Crippen LogP contribution in [0.5, 0.6) is 0 Å². The fraction of sp³-hybridized carbons (Fsp3) is 0.571. The Morgan fingerprint density at radius 2 is 2.17 bits per heavy atom. The largest absolute Gasteiger partial charge is 0.388 e. The Morgan fingerprint density at radius 3 is 2.78 bits per heavy atom. The zero-order valence-electron chi connectivity index (χ0n) is 10.8. The van der Waals surface area contributed by atoms with Gasteiger partial charge in [0.2, 0.25) is 5.91 Å². The molecule has 0 aromatic carbocycles. The summed E-state index contributed by atoms with van der Waals surface area (Å²) in [5.74, 6) is -0.0546. The first-order valence-electron chi connectivity index (χ1n) is 6.48. The van der Waals surface area contributed by atoms with Crippen molar-refractivity contribution >= 4 is 5.91 Å².